The Labute approximate surface area is 158 Å². The molecule has 0 aliphatic rings. The van der Waals surface area contributed by atoms with E-state index >= 15 is 0 Å². The maximum atomic E-state index is 12.5. The Balaban J connectivity index is 2.12. The molecule has 0 spiro atoms. The third-order valence-corrected chi connectivity index (χ3v) is 4.95. The molecular weight excluding hydrogens is 380 g/mol. The van der Waals surface area contributed by atoms with Crippen LogP contribution in [-0.4, -0.2) is 22.3 Å². The van der Waals surface area contributed by atoms with Crippen molar-refractivity contribution in [3.05, 3.63) is 45.2 Å². The smallest absolute Gasteiger partial charge is 0.284 e. The van der Waals surface area contributed by atoms with E-state index < -0.39 is 0 Å². The normalized spacial score (nSPS) is 11.6. The lowest BCUT2D eigenvalue weighted by molar-refractivity contribution is 0.0817. The average molecular weight is 407 g/mol. The highest BCUT2D eigenvalue weighted by Gasteiger charge is 2.18. The molecule has 0 unspecified atom stereocenters. The summed E-state index contributed by atoms with van der Waals surface area (Å²) in [4.78, 5) is 12.5. The van der Waals surface area contributed by atoms with Gasteiger partial charge >= 0.3 is 0 Å². The van der Waals surface area contributed by atoms with Crippen LogP contribution in [0.3, 0.4) is 0 Å². The highest BCUT2D eigenvalue weighted by atomic mass is 79.9. The van der Waals surface area contributed by atoms with Crippen LogP contribution in [0.15, 0.2) is 22.7 Å². The molecule has 136 valence electrons. The van der Waals surface area contributed by atoms with Gasteiger partial charge in [-0.15, -0.1) is 0 Å². The second-order valence-corrected chi connectivity index (χ2v) is 8.24. The first-order valence-electron chi connectivity index (χ1n) is 8.66. The molecule has 0 saturated heterocycles. The summed E-state index contributed by atoms with van der Waals surface area (Å²) in [6, 6.07) is 5.98. The van der Waals surface area contributed by atoms with E-state index in [0.717, 1.165) is 34.3 Å². The molecule has 0 aliphatic carbocycles. The molecule has 0 amide bonds. The Morgan fingerprint density at radius 1 is 1.28 bits per heavy atom. The number of carbonyl (C=O) groups excluding carboxylic acids is 1. The highest BCUT2D eigenvalue weighted by Crippen LogP contribution is 2.31. The number of nitrogens with zero attached hydrogens (tertiary/aromatic N) is 2. The largest absolute Gasteiger partial charge is 0.483 e. The van der Waals surface area contributed by atoms with E-state index in [-0.39, 0.29) is 17.9 Å². The maximum absolute atomic E-state index is 12.5. The number of aryl methyl sites for hydroxylation is 1. The van der Waals surface area contributed by atoms with E-state index in [1.807, 2.05) is 32.0 Å². The van der Waals surface area contributed by atoms with Crippen LogP contribution in [0.4, 0.5) is 0 Å². The second kappa shape index (κ2) is 7.73. The molecular formula is C20H27BrN2O2. The molecule has 0 bridgehead atoms. The first-order chi connectivity index (χ1) is 11.6. The molecule has 1 aromatic carbocycles. The molecule has 1 aromatic heterocycles. The topological polar surface area (TPSA) is 44.1 Å². The van der Waals surface area contributed by atoms with Crippen molar-refractivity contribution in [3.8, 4) is 5.75 Å². The minimum absolute atomic E-state index is 0.0407. The molecule has 0 radical (unpaired) electrons. The van der Waals surface area contributed by atoms with Crippen molar-refractivity contribution >= 4 is 21.8 Å². The Kier molecular flexibility index (Phi) is 6.09. The van der Waals surface area contributed by atoms with Crippen LogP contribution in [0.2, 0.25) is 0 Å². The maximum Gasteiger partial charge on any atom is 0.284 e. The Morgan fingerprint density at radius 2 is 1.96 bits per heavy atom. The monoisotopic (exact) mass is 406 g/mol. The van der Waals surface area contributed by atoms with Crippen LogP contribution in [0.25, 0.3) is 0 Å². The summed E-state index contributed by atoms with van der Waals surface area (Å²) in [5.41, 5.74) is 4.27. The van der Waals surface area contributed by atoms with Crippen LogP contribution in [0.1, 0.15) is 61.4 Å². The van der Waals surface area contributed by atoms with Gasteiger partial charge in [-0.2, -0.15) is 5.10 Å². The third-order valence-electron chi connectivity index (χ3n) is 4.33. The Morgan fingerprint density at radius 3 is 2.52 bits per heavy atom. The summed E-state index contributed by atoms with van der Waals surface area (Å²) in [6.07, 6.45) is 1.97. The number of aromatic nitrogens is 2. The van der Waals surface area contributed by atoms with Gasteiger partial charge in [-0.25, -0.2) is 4.68 Å². The molecule has 0 saturated carbocycles. The lowest BCUT2D eigenvalue weighted by Gasteiger charge is -2.20. The fourth-order valence-electron chi connectivity index (χ4n) is 2.81. The van der Waals surface area contributed by atoms with Crippen molar-refractivity contribution in [3.63, 3.8) is 0 Å². The van der Waals surface area contributed by atoms with Gasteiger partial charge in [-0.05, 0) is 64.9 Å². The minimum atomic E-state index is -0.158. The van der Waals surface area contributed by atoms with E-state index in [1.54, 1.807) is 0 Å². The first-order valence-corrected chi connectivity index (χ1v) is 9.45. The molecule has 25 heavy (non-hydrogen) atoms. The van der Waals surface area contributed by atoms with Gasteiger partial charge in [-0.1, -0.05) is 40.2 Å². The molecule has 0 atom stereocenters. The first kappa shape index (κ1) is 19.7. The Bertz CT molecular complexity index is 773. The number of hydrogen-bond donors (Lipinski definition) is 0. The van der Waals surface area contributed by atoms with E-state index in [2.05, 4.69) is 48.7 Å². The summed E-state index contributed by atoms with van der Waals surface area (Å²) in [6.45, 7) is 12.5. The summed E-state index contributed by atoms with van der Waals surface area (Å²) >= 11 is 3.54. The van der Waals surface area contributed by atoms with E-state index in [9.17, 15) is 4.79 Å². The van der Waals surface area contributed by atoms with Crippen LogP contribution in [0, 0.1) is 13.8 Å². The summed E-state index contributed by atoms with van der Waals surface area (Å²) in [5, 5.41) is 4.39. The number of benzene rings is 1. The minimum Gasteiger partial charge on any atom is -0.483 e. The van der Waals surface area contributed by atoms with Gasteiger partial charge < -0.3 is 4.74 Å². The molecule has 2 aromatic rings. The molecule has 5 heteroatoms. The number of halogens is 1. The Hall–Kier alpha value is -1.62. The second-order valence-electron chi connectivity index (χ2n) is 7.39. The zero-order valence-corrected chi connectivity index (χ0v) is 17.5. The zero-order chi connectivity index (χ0) is 18.8. The van der Waals surface area contributed by atoms with Gasteiger partial charge in [0.2, 0.25) is 0 Å². The number of rotatable bonds is 5. The van der Waals surface area contributed by atoms with Crippen molar-refractivity contribution in [1.29, 1.82) is 0 Å². The highest BCUT2D eigenvalue weighted by molar-refractivity contribution is 9.10. The van der Waals surface area contributed by atoms with Crippen molar-refractivity contribution < 1.29 is 9.53 Å². The number of carbonyl (C=O) groups is 1. The fourth-order valence-corrected chi connectivity index (χ4v) is 3.31. The van der Waals surface area contributed by atoms with Crippen LogP contribution in [0.5, 0.6) is 5.75 Å². The van der Waals surface area contributed by atoms with Gasteiger partial charge in [0, 0.05) is 5.69 Å². The molecule has 1 heterocycles. The predicted octanol–water partition coefficient (Wildman–Crippen LogP) is 5.23. The molecule has 0 aliphatic heterocycles. The summed E-state index contributed by atoms with van der Waals surface area (Å²) in [7, 11) is 0. The van der Waals surface area contributed by atoms with Crippen LogP contribution in [-0.2, 0) is 11.8 Å². The van der Waals surface area contributed by atoms with Crippen molar-refractivity contribution in [2.24, 2.45) is 0 Å². The number of ether oxygens (including phenoxy) is 1. The lowest BCUT2D eigenvalue weighted by atomic mass is 9.87. The average Bonchev–Trinajstić information content (AvgIpc) is 2.81. The van der Waals surface area contributed by atoms with Crippen molar-refractivity contribution in [1.82, 2.24) is 9.78 Å². The molecule has 0 fully saturated rings. The van der Waals surface area contributed by atoms with Gasteiger partial charge in [0.05, 0.1) is 10.2 Å². The van der Waals surface area contributed by atoms with Crippen LogP contribution >= 0.6 is 15.9 Å². The molecule has 2 rings (SSSR count). The fraction of sp³-hybridized carbons (Fsp3) is 0.500. The van der Waals surface area contributed by atoms with Gasteiger partial charge in [-0.3, -0.25) is 4.79 Å². The summed E-state index contributed by atoms with van der Waals surface area (Å²) in [5.74, 6) is 0.506. The standard InChI is InChI=1S/C20H27BrN2O2/c1-7-8-16-13(2)22-23(14(16)3)19(24)12-25-18-10-9-15(11-17(18)21)20(4,5)6/h9-11H,7-8,12H2,1-6H3. The van der Waals surface area contributed by atoms with Gasteiger partial charge in [0.25, 0.3) is 5.91 Å². The van der Waals surface area contributed by atoms with Crippen molar-refractivity contribution in [2.75, 3.05) is 6.61 Å². The number of hydrogen-bond acceptors (Lipinski definition) is 3. The van der Waals surface area contributed by atoms with Gasteiger partial charge in [0.15, 0.2) is 6.61 Å². The molecule has 0 N–H and O–H groups in total. The van der Waals surface area contributed by atoms with Crippen molar-refractivity contribution in [2.45, 2.75) is 59.8 Å². The predicted molar refractivity (Wildman–Crippen MR) is 105 cm³/mol. The van der Waals surface area contributed by atoms with Crippen LogP contribution < -0.4 is 4.74 Å². The quantitative estimate of drug-likeness (QED) is 0.682. The zero-order valence-electron chi connectivity index (χ0n) is 15.9. The van der Waals surface area contributed by atoms with Gasteiger partial charge in [0.1, 0.15) is 5.75 Å². The van der Waals surface area contributed by atoms with E-state index in [1.165, 1.54) is 10.2 Å². The lowest BCUT2D eigenvalue weighted by Crippen LogP contribution is -2.22. The van der Waals surface area contributed by atoms with E-state index in [0.29, 0.717) is 5.75 Å². The van der Waals surface area contributed by atoms with E-state index in [4.69, 9.17) is 4.74 Å². The molecule has 4 nitrogen and oxygen atoms in total. The SMILES string of the molecule is CCCc1c(C)nn(C(=O)COc2ccc(C(C)(C)C)cc2Br)c1C. The third kappa shape index (κ3) is 4.51. The summed E-state index contributed by atoms with van der Waals surface area (Å²) < 4.78 is 8.05.